The molecule has 50 heavy (non-hydrogen) atoms. The highest BCUT2D eigenvalue weighted by molar-refractivity contribution is 6.19. The Bertz CT molecular complexity index is 2410. The molecule has 0 saturated heterocycles. The summed E-state index contributed by atoms with van der Waals surface area (Å²) < 4.78 is 0. The number of aryl methyl sites for hydroxylation is 2. The van der Waals surface area contributed by atoms with E-state index in [-0.39, 0.29) is 0 Å². The summed E-state index contributed by atoms with van der Waals surface area (Å²) in [5, 5.41) is 4.82. The summed E-state index contributed by atoms with van der Waals surface area (Å²) in [4.78, 5) is 19.8. The summed E-state index contributed by atoms with van der Waals surface area (Å²) >= 11 is 0. The molecule has 4 nitrogen and oxygen atoms in total. The highest BCUT2D eigenvalue weighted by Gasteiger charge is 2.24. The van der Waals surface area contributed by atoms with Crippen molar-refractivity contribution < 1.29 is 0 Å². The molecule has 4 heteroatoms. The Morgan fingerprint density at radius 3 is 1.26 bits per heavy atom. The fourth-order valence-electron chi connectivity index (χ4n) is 8.61. The molecule has 0 atom stereocenters. The van der Waals surface area contributed by atoms with Crippen molar-refractivity contribution >= 4 is 32.6 Å². The summed E-state index contributed by atoms with van der Waals surface area (Å²) in [7, 11) is 0. The molecule has 4 heterocycles. The first-order valence-electron chi connectivity index (χ1n) is 18.0. The van der Waals surface area contributed by atoms with Crippen molar-refractivity contribution in [2.24, 2.45) is 0 Å². The third-order valence-corrected chi connectivity index (χ3v) is 10.9. The van der Waals surface area contributed by atoms with Gasteiger partial charge < -0.3 is 0 Å². The SMILES string of the molecule is c1cncc(-c2cccc(-c3c4c(nc5c3ccc3c5ccc5c(-c6cccc(-c7cccnc7)c6)c6c(nc53)CCCC6)CCCC4)c2)c1. The van der Waals surface area contributed by atoms with E-state index in [0.29, 0.717) is 0 Å². The minimum absolute atomic E-state index is 1.02. The quantitative estimate of drug-likeness (QED) is 0.179. The Hall–Kier alpha value is -5.74. The summed E-state index contributed by atoms with van der Waals surface area (Å²) in [6, 6.07) is 35.6. The lowest BCUT2D eigenvalue weighted by Gasteiger charge is -2.24. The summed E-state index contributed by atoms with van der Waals surface area (Å²) in [6.07, 6.45) is 16.5. The van der Waals surface area contributed by atoms with Gasteiger partial charge in [-0.1, -0.05) is 72.8 Å². The molecule has 0 N–H and O–H groups in total. The molecule has 2 aliphatic rings. The topological polar surface area (TPSA) is 51.6 Å². The molecule has 0 bridgehead atoms. The Morgan fingerprint density at radius 2 is 0.800 bits per heavy atom. The van der Waals surface area contributed by atoms with Gasteiger partial charge in [-0.3, -0.25) is 19.9 Å². The molecule has 8 aromatic rings. The van der Waals surface area contributed by atoms with Gasteiger partial charge >= 0.3 is 0 Å². The number of nitrogens with zero attached hydrogens (tertiary/aromatic N) is 4. The van der Waals surface area contributed by atoms with Crippen molar-refractivity contribution in [3.63, 3.8) is 0 Å². The van der Waals surface area contributed by atoms with Crippen LogP contribution in [0.1, 0.15) is 48.2 Å². The van der Waals surface area contributed by atoms with Crippen molar-refractivity contribution in [3.05, 3.63) is 144 Å². The van der Waals surface area contributed by atoms with Crippen molar-refractivity contribution in [3.8, 4) is 44.5 Å². The zero-order valence-corrected chi connectivity index (χ0v) is 28.0. The van der Waals surface area contributed by atoms with E-state index in [1.807, 2.05) is 36.9 Å². The van der Waals surface area contributed by atoms with E-state index in [0.717, 1.165) is 47.8 Å². The van der Waals surface area contributed by atoms with Gasteiger partial charge in [-0.25, -0.2) is 0 Å². The van der Waals surface area contributed by atoms with Crippen LogP contribution < -0.4 is 0 Å². The average Bonchev–Trinajstić information content (AvgIpc) is 3.19. The van der Waals surface area contributed by atoms with Crippen molar-refractivity contribution in [1.82, 2.24) is 19.9 Å². The molecule has 0 spiro atoms. The van der Waals surface area contributed by atoms with Gasteiger partial charge in [0.25, 0.3) is 0 Å². The number of hydrogen-bond donors (Lipinski definition) is 0. The van der Waals surface area contributed by atoms with Gasteiger partial charge in [-0.05, 0) is 120 Å². The van der Waals surface area contributed by atoms with E-state index in [9.17, 15) is 0 Å². The lowest BCUT2D eigenvalue weighted by Crippen LogP contribution is -2.09. The predicted molar refractivity (Wildman–Crippen MR) is 205 cm³/mol. The normalized spacial score (nSPS) is 14.2. The van der Waals surface area contributed by atoms with E-state index in [2.05, 4.69) is 94.9 Å². The molecule has 0 aliphatic heterocycles. The van der Waals surface area contributed by atoms with Crippen molar-refractivity contribution in [2.45, 2.75) is 51.4 Å². The van der Waals surface area contributed by atoms with Gasteiger partial charge in [0.1, 0.15) is 0 Å². The van der Waals surface area contributed by atoms with Gasteiger partial charge in [0.05, 0.1) is 11.0 Å². The van der Waals surface area contributed by atoms with Crippen LogP contribution in [0.4, 0.5) is 0 Å². The third kappa shape index (κ3) is 4.81. The summed E-state index contributed by atoms with van der Waals surface area (Å²) in [5.74, 6) is 0. The monoisotopic (exact) mass is 644 g/mol. The van der Waals surface area contributed by atoms with Crippen LogP contribution in [0.25, 0.3) is 77.1 Å². The van der Waals surface area contributed by atoms with E-state index < -0.39 is 0 Å². The van der Waals surface area contributed by atoms with E-state index in [1.54, 1.807) is 0 Å². The molecular formula is C46H36N4. The number of pyridine rings is 4. The Balaban J connectivity index is 1.22. The maximum atomic E-state index is 5.49. The zero-order valence-electron chi connectivity index (χ0n) is 28.0. The molecule has 4 aromatic carbocycles. The van der Waals surface area contributed by atoms with Crippen LogP contribution in [-0.2, 0) is 25.7 Å². The lowest BCUT2D eigenvalue weighted by atomic mass is 9.84. The van der Waals surface area contributed by atoms with E-state index in [1.165, 1.54) is 103 Å². The zero-order chi connectivity index (χ0) is 33.0. The number of benzene rings is 4. The smallest absolute Gasteiger partial charge is 0.0790 e. The first kappa shape index (κ1) is 29.2. The maximum absolute atomic E-state index is 5.49. The largest absolute Gasteiger partial charge is 0.264 e. The predicted octanol–water partition coefficient (Wildman–Crippen LogP) is 11.2. The maximum Gasteiger partial charge on any atom is 0.0790 e. The Morgan fingerprint density at radius 1 is 0.380 bits per heavy atom. The first-order valence-corrected chi connectivity index (χ1v) is 18.0. The molecule has 2 aliphatic carbocycles. The highest BCUT2D eigenvalue weighted by atomic mass is 14.7. The van der Waals surface area contributed by atoms with Crippen LogP contribution in [0, 0.1) is 0 Å². The van der Waals surface area contributed by atoms with Crippen LogP contribution in [0.15, 0.2) is 122 Å². The second-order valence-electron chi connectivity index (χ2n) is 13.9. The number of rotatable bonds is 4. The van der Waals surface area contributed by atoms with Crippen molar-refractivity contribution in [1.29, 1.82) is 0 Å². The van der Waals surface area contributed by atoms with Gasteiger partial charge in [0, 0.05) is 68.8 Å². The first-order chi connectivity index (χ1) is 24.8. The van der Waals surface area contributed by atoms with Gasteiger partial charge in [-0.15, -0.1) is 0 Å². The van der Waals surface area contributed by atoms with Crippen LogP contribution >= 0.6 is 0 Å². The van der Waals surface area contributed by atoms with E-state index in [4.69, 9.17) is 9.97 Å². The van der Waals surface area contributed by atoms with Crippen molar-refractivity contribution in [2.75, 3.05) is 0 Å². The van der Waals surface area contributed by atoms with Gasteiger partial charge in [-0.2, -0.15) is 0 Å². The second-order valence-corrected chi connectivity index (χ2v) is 13.9. The molecule has 4 aromatic heterocycles. The lowest BCUT2D eigenvalue weighted by molar-refractivity contribution is 0.672. The molecule has 10 rings (SSSR count). The molecule has 0 fully saturated rings. The minimum Gasteiger partial charge on any atom is -0.264 e. The Kier molecular flexibility index (Phi) is 7.00. The van der Waals surface area contributed by atoms with E-state index >= 15 is 0 Å². The average molecular weight is 645 g/mol. The molecule has 0 amide bonds. The Labute approximate surface area is 291 Å². The molecule has 0 radical (unpaired) electrons. The standard InChI is InChI=1S/C46H36N4/c1-3-17-41-37(15-1)43(31-11-5-9-29(25-31)33-13-7-23-47-27-33)39-21-19-36-35(45(39)49-41)20-22-40-44(38-16-2-4-18-42(38)50-46(36)40)32-12-6-10-30(26-32)34-14-8-24-48-28-34/h5-14,19-28H,1-4,15-18H2. The molecule has 0 saturated carbocycles. The minimum atomic E-state index is 1.02. The fourth-order valence-corrected chi connectivity index (χ4v) is 8.61. The van der Waals surface area contributed by atoms with Gasteiger partial charge in [0.15, 0.2) is 0 Å². The fraction of sp³-hybridized carbons (Fsp3) is 0.174. The van der Waals surface area contributed by atoms with Crippen LogP contribution in [0.3, 0.4) is 0 Å². The highest BCUT2D eigenvalue weighted by Crippen LogP contribution is 2.44. The number of fused-ring (bicyclic) bond motifs is 7. The summed E-state index contributed by atoms with van der Waals surface area (Å²) in [6.45, 7) is 0. The van der Waals surface area contributed by atoms with Crippen LogP contribution in [0.2, 0.25) is 0 Å². The second kappa shape index (κ2) is 12.0. The third-order valence-electron chi connectivity index (χ3n) is 10.9. The van der Waals surface area contributed by atoms with Crippen LogP contribution in [-0.4, -0.2) is 19.9 Å². The molecule has 240 valence electrons. The number of aromatic nitrogens is 4. The molecular weight excluding hydrogens is 609 g/mol. The number of hydrogen-bond acceptors (Lipinski definition) is 4. The van der Waals surface area contributed by atoms with Gasteiger partial charge in [0.2, 0.25) is 0 Å². The molecule has 0 unspecified atom stereocenters. The summed E-state index contributed by atoms with van der Waals surface area (Å²) in [5.41, 5.74) is 17.3. The van der Waals surface area contributed by atoms with Crippen LogP contribution in [0.5, 0.6) is 0 Å².